The molecule has 0 saturated carbocycles. The summed E-state index contributed by atoms with van der Waals surface area (Å²) >= 11 is 3.01. The first-order valence-corrected chi connectivity index (χ1v) is 7.81. The van der Waals surface area contributed by atoms with Gasteiger partial charge >= 0.3 is 0 Å². The van der Waals surface area contributed by atoms with Crippen molar-refractivity contribution in [3.05, 3.63) is 0 Å². The zero-order chi connectivity index (χ0) is 9.83. The number of hydrogen-bond acceptors (Lipinski definition) is 4. The second kappa shape index (κ2) is 4.54. The molecule has 12 heavy (non-hydrogen) atoms. The van der Waals surface area contributed by atoms with Crippen molar-refractivity contribution >= 4 is 35.8 Å². The Balaban J connectivity index is 4.26. The molecule has 0 aromatic heterocycles. The molecule has 5 nitrogen and oxygen atoms in total. The Bertz CT molecular complexity index is 319. The zero-order valence-electron chi connectivity index (χ0n) is 6.45. The van der Waals surface area contributed by atoms with Crippen LogP contribution in [0.5, 0.6) is 0 Å². The van der Waals surface area contributed by atoms with Crippen molar-refractivity contribution in [3.8, 4) is 0 Å². The van der Waals surface area contributed by atoms with E-state index in [4.69, 9.17) is 0 Å². The van der Waals surface area contributed by atoms with E-state index in [1.165, 1.54) is 0 Å². The molecule has 0 aromatic rings. The van der Waals surface area contributed by atoms with Gasteiger partial charge in [-0.1, -0.05) is 15.9 Å². The Kier molecular flexibility index (Phi) is 4.67. The summed E-state index contributed by atoms with van der Waals surface area (Å²) in [6.07, 6.45) is 0.875. The number of alkyl halides is 1. The summed E-state index contributed by atoms with van der Waals surface area (Å²) < 4.78 is 45.1. The Morgan fingerprint density at radius 1 is 1.25 bits per heavy atom. The van der Waals surface area contributed by atoms with Crippen molar-refractivity contribution in [1.82, 2.24) is 4.72 Å². The van der Waals surface area contributed by atoms with Crippen LogP contribution in [0.25, 0.3) is 0 Å². The molecule has 8 heteroatoms. The fourth-order valence-electron chi connectivity index (χ4n) is 0.518. The first-order valence-electron chi connectivity index (χ1n) is 2.98. The fraction of sp³-hybridized carbons (Fsp3) is 1.00. The molecule has 0 spiro atoms. The van der Waals surface area contributed by atoms with E-state index >= 15 is 0 Å². The predicted octanol–water partition coefficient (Wildman–Crippen LogP) is -0.697. The molecule has 0 atom stereocenters. The van der Waals surface area contributed by atoms with Crippen LogP contribution in [-0.4, -0.2) is 40.1 Å². The average Bonchev–Trinajstić information content (AvgIpc) is 1.78. The number of halogens is 1. The lowest BCUT2D eigenvalue weighted by Crippen LogP contribution is -2.30. The SMILES string of the molecule is CS(=O)(=O)CS(=O)(=O)NCCBr. The third kappa shape index (κ3) is 7.01. The van der Waals surface area contributed by atoms with Crippen LogP contribution in [0, 0.1) is 0 Å². The van der Waals surface area contributed by atoms with Crippen LogP contribution in [-0.2, 0) is 19.9 Å². The Morgan fingerprint density at radius 2 is 1.75 bits per heavy atom. The van der Waals surface area contributed by atoms with Crippen molar-refractivity contribution in [2.24, 2.45) is 0 Å². The van der Waals surface area contributed by atoms with E-state index in [9.17, 15) is 16.8 Å². The lowest BCUT2D eigenvalue weighted by molar-refractivity contribution is 0.583. The molecule has 0 aliphatic carbocycles. The van der Waals surface area contributed by atoms with Gasteiger partial charge in [-0.3, -0.25) is 0 Å². The van der Waals surface area contributed by atoms with Gasteiger partial charge in [0.1, 0.15) is 0 Å². The van der Waals surface area contributed by atoms with Gasteiger partial charge < -0.3 is 0 Å². The van der Waals surface area contributed by atoms with Crippen LogP contribution in [0.2, 0.25) is 0 Å². The minimum Gasteiger partial charge on any atom is -0.228 e. The summed E-state index contributed by atoms with van der Waals surface area (Å²) in [7, 11) is -7.15. The largest absolute Gasteiger partial charge is 0.228 e. The van der Waals surface area contributed by atoms with E-state index in [2.05, 4.69) is 20.7 Å². The molecule has 0 radical (unpaired) electrons. The van der Waals surface area contributed by atoms with Crippen LogP contribution >= 0.6 is 15.9 Å². The lowest BCUT2D eigenvalue weighted by atomic mass is 10.8. The van der Waals surface area contributed by atoms with Gasteiger partial charge in [0.15, 0.2) is 14.9 Å². The van der Waals surface area contributed by atoms with Crippen molar-refractivity contribution < 1.29 is 16.8 Å². The maximum atomic E-state index is 10.9. The van der Waals surface area contributed by atoms with Crippen LogP contribution < -0.4 is 4.72 Å². The molecule has 0 unspecified atom stereocenters. The Labute approximate surface area is 80.6 Å². The van der Waals surface area contributed by atoms with E-state index in [0.29, 0.717) is 5.33 Å². The number of sulfone groups is 1. The van der Waals surface area contributed by atoms with Crippen LogP contribution in [0.4, 0.5) is 0 Å². The number of sulfonamides is 1. The van der Waals surface area contributed by atoms with Gasteiger partial charge in [0.05, 0.1) is 0 Å². The van der Waals surface area contributed by atoms with Crippen LogP contribution in [0.15, 0.2) is 0 Å². The third-order valence-corrected chi connectivity index (χ3v) is 4.78. The number of nitrogens with one attached hydrogen (secondary N) is 1. The highest BCUT2D eigenvalue weighted by Gasteiger charge is 2.16. The van der Waals surface area contributed by atoms with Crippen molar-refractivity contribution in [2.75, 3.05) is 23.2 Å². The van der Waals surface area contributed by atoms with Gasteiger partial charge in [-0.2, -0.15) is 0 Å². The summed E-state index contributed by atoms with van der Waals surface area (Å²) in [5, 5.41) is -0.400. The molecule has 0 aliphatic rings. The zero-order valence-corrected chi connectivity index (χ0v) is 9.67. The Hall–Kier alpha value is 0.340. The number of rotatable bonds is 5. The lowest BCUT2D eigenvalue weighted by Gasteiger charge is -2.02. The van der Waals surface area contributed by atoms with E-state index < -0.39 is 24.9 Å². The molecular formula is C4H10BrNO4S2. The second-order valence-corrected chi connectivity index (χ2v) is 7.35. The molecule has 1 N–H and O–H groups in total. The van der Waals surface area contributed by atoms with Gasteiger partial charge in [-0.25, -0.2) is 21.6 Å². The molecule has 0 heterocycles. The maximum Gasteiger partial charge on any atom is 0.226 e. The standard InChI is InChI=1S/C4H10BrNO4S2/c1-11(7,8)4-12(9,10)6-3-2-5/h6H,2-4H2,1H3. The third-order valence-electron chi connectivity index (χ3n) is 0.786. The highest BCUT2D eigenvalue weighted by Crippen LogP contribution is 1.91. The smallest absolute Gasteiger partial charge is 0.226 e. The molecule has 74 valence electrons. The van der Waals surface area contributed by atoms with Gasteiger partial charge in [-0.15, -0.1) is 0 Å². The molecule has 0 aromatic carbocycles. The molecule has 0 bridgehead atoms. The fourth-order valence-corrected chi connectivity index (χ4v) is 3.98. The van der Waals surface area contributed by atoms with Gasteiger partial charge in [0, 0.05) is 18.1 Å². The van der Waals surface area contributed by atoms with Gasteiger partial charge in [0.2, 0.25) is 10.0 Å². The summed E-state index contributed by atoms with van der Waals surface area (Å²) in [6.45, 7) is 0.192. The maximum absolute atomic E-state index is 10.9. The quantitative estimate of drug-likeness (QED) is 0.675. The van der Waals surface area contributed by atoms with Crippen molar-refractivity contribution in [2.45, 2.75) is 0 Å². The van der Waals surface area contributed by atoms with Crippen LogP contribution in [0.1, 0.15) is 0 Å². The Morgan fingerprint density at radius 3 is 2.08 bits per heavy atom. The summed E-state index contributed by atoms with van der Waals surface area (Å²) in [4.78, 5) is 0. The normalized spacial score (nSPS) is 13.2. The highest BCUT2D eigenvalue weighted by molar-refractivity contribution is 9.09. The first-order chi connectivity index (χ1) is 5.27. The summed E-state index contributed by atoms with van der Waals surface area (Å²) in [5.41, 5.74) is 0. The number of hydrogen-bond donors (Lipinski definition) is 1. The molecular weight excluding hydrogens is 270 g/mol. The van der Waals surface area contributed by atoms with Crippen molar-refractivity contribution in [3.63, 3.8) is 0 Å². The monoisotopic (exact) mass is 279 g/mol. The average molecular weight is 280 g/mol. The van der Waals surface area contributed by atoms with Crippen LogP contribution in [0.3, 0.4) is 0 Å². The van der Waals surface area contributed by atoms with Crippen molar-refractivity contribution in [1.29, 1.82) is 0 Å². The van der Waals surface area contributed by atoms with E-state index in [-0.39, 0.29) is 6.54 Å². The van der Waals surface area contributed by atoms with E-state index in [1.54, 1.807) is 0 Å². The molecule has 0 rings (SSSR count). The highest BCUT2D eigenvalue weighted by atomic mass is 79.9. The van der Waals surface area contributed by atoms with Gasteiger partial charge in [0.25, 0.3) is 0 Å². The second-order valence-electron chi connectivity index (χ2n) is 2.24. The molecule has 0 saturated heterocycles. The predicted molar refractivity (Wildman–Crippen MR) is 50.4 cm³/mol. The van der Waals surface area contributed by atoms with E-state index in [0.717, 1.165) is 6.26 Å². The first kappa shape index (κ1) is 12.3. The summed E-state index contributed by atoms with van der Waals surface area (Å²) in [5.74, 6) is 0. The topological polar surface area (TPSA) is 80.3 Å². The minimum absolute atomic E-state index is 0.192. The molecule has 0 aliphatic heterocycles. The van der Waals surface area contributed by atoms with Gasteiger partial charge in [-0.05, 0) is 0 Å². The molecule has 0 amide bonds. The minimum atomic E-state index is -3.67. The summed E-state index contributed by atoms with van der Waals surface area (Å²) in [6, 6.07) is 0. The van der Waals surface area contributed by atoms with E-state index in [1.807, 2.05) is 0 Å². The molecule has 0 fully saturated rings.